The second-order valence-electron chi connectivity index (χ2n) is 8.39. The molecule has 3 rings (SSSR count). The van der Waals surface area contributed by atoms with Gasteiger partial charge in [0.2, 0.25) is 15.9 Å². The molecule has 1 aliphatic rings. The van der Waals surface area contributed by atoms with Gasteiger partial charge in [-0.25, -0.2) is 12.7 Å². The highest BCUT2D eigenvalue weighted by atomic mass is 35.5. The number of halogens is 1. The van der Waals surface area contributed by atoms with Crippen molar-refractivity contribution in [2.24, 2.45) is 5.92 Å². The Morgan fingerprint density at radius 1 is 1.15 bits per heavy atom. The van der Waals surface area contributed by atoms with E-state index < -0.39 is 10.0 Å². The van der Waals surface area contributed by atoms with E-state index in [1.807, 2.05) is 32.0 Å². The molecule has 0 atom stereocenters. The zero-order valence-electron chi connectivity index (χ0n) is 19.2. The Morgan fingerprint density at radius 3 is 2.48 bits per heavy atom. The number of benzene rings is 2. The third-order valence-electron chi connectivity index (χ3n) is 5.57. The Kier molecular flexibility index (Phi) is 8.62. The van der Waals surface area contributed by atoms with E-state index in [0.717, 1.165) is 5.56 Å². The first-order chi connectivity index (χ1) is 15.7. The number of methoxy groups -OCH3 is 1. The summed E-state index contributed by atoms with van der Waals surface area (Å²) in [7, 11) is -1.91. The minimum Gasteiger partial charge on any atom is -0.493 e. The lowest BCUT2D eigenvalue weighted by molar-refractivity contribution is -0.126. The van der Waals surface area contributed by atoms with Crippen LogP contribution >= 0.6 is 11.6 Å². The zero-order chi connectivity index (χ0) is 24.0. The van der Waals surface area contributed by atoms with Crippen molar-refractivity contribution >= 4 is 27.5 Å². The van der Waals surface area contributed by atoms with E-state index in [2.05, 4.69) is 5.32 Å². The summed E-state index contributed by atoms with van der Waals surface area (Å²) >= 11 is 6.12. The first kappa shape index (κ1) is 25.3. The van der Waals surface area contributed by atoms with Gasteiger partial charge in [0.05, 0.1) is 19.0 Å². The third kappa shape index (κ3) is 6.85. The lowest BCUT2D eigenvalue weighted by Crippen LogP contribution is -2.43. The van der Waals surface area contributed by atoms with Crippen LogP contribution < -0.4 is 14.8 Å². The highest BCUT2D eigenvalue weighted by molar-refractivity contribution is 7.88. The second kappa shape index (κ2) is 11.2. The number of amides is 1. The predicted octanol–water partition coefficient (Wildman–Crippen LogP) is 3.99. The van der Waals surface area contributed by atoms with E-state index in [4.69, 9.17) is 21.1 Å². The monoisotopic (exact) mass is 494 g/mol. The molecule has 0 spiro atoms. The summed E-state index contributed by atoms with van der Waals surface area (Å²) < 4.78 is 38.2. The highest BCUT2D eigenvalue weighted by Gasteiger charge is 2.31. The predicted molar refractivity (Wildman–Crippen MR) is 129 cm³/mol. The maximum atomic E-state index is 12.8. The molecule has 1 saturated heterocycles. The van der Waals surface area contributed by atoms with Crippen LogP contribution in [0.4, 0.5) is 0 Å². The SMILES string of the molecule is COc1cc(CNC(=O)C2CCN(S(=O)(=O)Cc3ccccc3Cl)CC2)ccc1OC(C)C. The summed E-state index contributed by atoms with van der Waals surface area (Å²) in [5.74, 6) is 0.851. The first-order valence-electron chi connectivity index (χ1n) is 11.0. The quantitative estimate of drug-likeness (QED) is 0.569. The molecule has 1 N–H and O–H groups in total. The molecule has 1 amide bonds. The summed E-state index contributed by atoms with van der Waals surface area (Å²) in [6.07, 6.45) is 1.000. The molecule has 0 unspecified atom stereocenters. The van der Waals surface area contributed by atoms with Crippen LogP contribution in [0.1, 0.15) is 37.8 Å². The molecular weight excluding hydrogens is 464 g/mol. The van der Waals surface area contributed by atoms with Crippen LogP contribution in [0, 0.1) is 5.92 Å². The number of nitrogens with one attached hydrogen (secondary N) is 1. The Balaban J connectivity index is 1.52. The number of nitrogens with zero attached hydrogens (tertiary/aromatic N) is 1. The fourth-order valence-electron chi connectivity index (χ4n) is 3.81. The van der Waals surface area contributed by atoms with Gasteiger partial charge in [-0.1, -0.05) is 35.9 Å². The molecule has 0 saturated carbocycles. The molecule has 1 fully saturated rings. The van der Waals surface area contributed by atoms with Gasteiger partial charge in [0.15, 0.2) is 11.5 Å². The molecule has 9 heteroatoms. The Bertz CT molecular complexity index is 1070. The van der Waals surface area contributed by atoms with Crippen LogP contribution in [-0.2, 0) is 27.1 Å². The van der Waals surface area contributed by atoms with Gasteiger partial charge >= 0.3 is 0 Å². The van der Waals surface area contributed by atoms with Crippen LogP contribution in [0.5, 0.6) is 11.5 Å². The van der Waals surface area contributed by atoms with E-state index >= 15 is 0 Å². The highest BCUT2D eigenvalue weighted by Crippen LogP contribution is 2.29. The number of carbonyl (C=O) groups excluding carboxylic acids is 1. The van der Waals surface area contributed by atoms with Gasteiger partial charge in [-0.3, -0.25) is 4.79 Å². The maximum absolute atomic E-state index is 12.8. The van der Waals surface area contributed by atoms with E-state index in [1.165, 1.54) is 4.31 Å². The van der Waals surface area contributed by atoms with Crippen molar-refractivity contribution in [3.8, 4) is 11.5 Å². The topological polar surface area (TPSA) is 84.9 Å². The van der Waals surface area contributed by atoms with Gasteiger partial charge in [0, 0.05) is 30.6 Å². The molecular formula is C24H31ClN2O5S. The molecule has 1 aliphatic heterocycles. The molecule has 7 nitrogen and oxygen atoms in total. The summed E-state index contributed by atoms with van der Waals surface area (Å²) in [6.45, 7) is 4.89. The van der Waals surface area contributed by atoms with Gasteiger partial charge in [0.1, 0.15) is 0 Å². The van der Waals surface area contributed by atoms with Crippen molar-refractivity contribution in [3.05, 3.63) is 58.6 Å². The number of carbonyl (C=O) groups is 1. The number of ether oxygens (including phenoxy) is 2. The molecule has 33 heavy (non-hydrogen) atoms. The van der Waals surface area contributed by atoms with Gasteiger partial charge < -0.3 is 14.8 Å². The van der Waals surface area contributed by atoms with Crippen molar-refractivity contribution in [3.63, 3.8) is 0 Å². The van der Waals surface area contributed by atoms with E-state index in [1.54, 1.807) is 31.4 Å². The molecule has 0 aliphatic carbocycles. The fraction of sp³-hybridized carbons (Fsp3) is 0.458. The zero-order valence-corrected chi connectivity index (χ0v) is 20.8. The maximum Gasteiger partial charge on any atom is 0.223 e. The minimum atomic E-state index is -3.49. The summed E-state index contributed by atoms with van der Waals surface area (Å²) in [4.78, 5) is 12.7. The molecule has 1 heterocycles. The van der Waals surface area contributed by atoms with Crippen molar-refractivity contribution in [1.29, 1.82) is 0 Å². The molecule has 0 bridgehead atoms. The number of hydrogen-bond donors (Lipinski definition) is 1. The van der Waals surface area contributed by atoms with Gasteiger partial charge in [0.25, 0.3) is 0 Å². The second-order valence-corrected chi connectivity index (χ2v) is 10.8. The average molecular weight is 495 g/mol. The van der Waals surface area contributed by atoms with E-state index in [0.29, 0.717) is 54.6 Å². The number of rotatable bonds is 9. The summed E-state index contributed by atoms with van der Waals surface area (Å²) in [6, 6.07) is 12.5. The number of piperidine rings is 1. The van der Waals surface area contributed by atoms with Crippen LogP contribution in [0.2, 0.25) is 5.02 Å². The smallest absolute Gasteiger partial charge is 0.223 e. The van der Waals surface area contributed by atoms with Gasteiger partial charge in [-0.05, 0) is 56.0 Å². The first-order valence-corrected chi connectivity index (χ1v) is 13.0. The Labute approximate surface area is 201 Å². The van der Waals surface area contributed by atoms with Crippen LogP contribution in [0.3, 0.4) is 0 Å². The molecule has 0 aromatic heterocycles. The molecule has 2 aromatic carbocycles. The molecule has 180 valence electrons. The number of hydrogen-bond acceptors (Lipinski definition) is 5. The Hall–Kier alpha value is -2.29. The fourth-order valence-corrected chi connectivity index (χ4v) is 5.68. The minimum absolute atomic E-state index is 0.0313. The summed E-state index contributed by atoms with van der Waals surface area (Å²) in [5.41, 5.74) is 1.48. The van der Waals surface area contributed by atoms with Crippen molar-refractivity contribution in [2.45, 2.75) is 45.1 Å². The standard InChI is InChI=1S/C24H31ClN2O5S/c1-17(2)32-22-9-8-18(14-23(22)31-3)15-26-24(28)19-10-12-27(13-11-19)33(29,30)16-20-6-4-5-7-21(20)25/h4-9,14,17,19H,10-13,15-16H2,1-3H3,(H,26,28). The Morgan fingerprint density at radius 2 is 1.85 bits per heavy atom. The molecule has 2 aromatic rings. The van der Waals surface area contributed by atoms with Crippen LogP contribution in [0.25, 0.3) is 0 Å². The lowest BCUT2D eigenvalue weighted by Gasteiger charge is -2.30. The van der Waals surface area contributed by atoms with Crippen LogP contribution in [0.15, 0.2) is 42.5 Å². The summed E-state index contributed by atoms with van der Waals surface area (Å²) in [5, 5.41) is 3.40. The van der Waals surface area contributed by atoms with E-state index in [-0.39, 0.29) is 23.7 Å². The van der Waals surface area contributed by atoms with Gasteiger partial charge in [-0.15, -0.1) is 0 Å². The largest absolute Gasteiger partial charge is 0.493 e. The van der Waals surface area contributed by atoms with Gasteiger partial charge in [-0.2, -0.15) is 0 Å². The van der Waals surface area contributed by atoms with Crippen molar-refractivity contribution in [1.82, 2.24) is 9.62 Å². The third-order valence-corrected chi connectivity index (χ3v) is 7.77. The van der Waals surface area contributed by atoms with E-state index in [9.17, 15) is 13.2 Å². The molecule has 0 radical (unpaired) electrons. The van der Waals surface area contributed by atoms with Crippen LogP contribution in [-0.4, -0.2) is 44.9 Å². The average Bonchev–Trinajstić information content (AvgIpc) is 2.79. The number of sulfonamides is 1. The van der Waals surface area contributed by atoms with Crippen molar-refractivity contribution < 1.29 is 22.7 Å². The normalized spacial score (nSPS) is 15.4. The van der Waals surface area contributed by atoms with Crippen molar-refractivity contribution in [2.75, 3.05) is 20.2 Å². The lowest BCUT2D eigenvalue weighted by atomic mass is 9.97.